The molecule has 1 fully saturated rings. The van der Waals surface area contributed by atoms with E-state index < -0.39 is 12.0 Å². The van der Waals surface area contributed by atoms with Gasteiger partial charge in [0.15, 0.2) is 0 Å². The number of fused-ring (bicyclic) bond motifs is 1. The third kappa shape index (κ3) is 2.81. The Kier molecular flexibility index (Phi) is 4.06. The van der Waals surface area contributed by atoms with Crippen molar-refractivity contribution in [2.75, 3.05) is 17.6 Å². The first kappa shape index (κ1) is 14.9. The molecule has 116 valence electrons. The molecule has 0 aliphatic carbocycles. The van der Waals surface area contributed by atoms with Crippen LogP contribution in [0.5, 0.6) is 0 Å². The predicted molar refractivity (Wildman–Crippen MR) is 82.1 cm³/mol. The number of amides is 2. The lowest BCUT2D eigenvalue weighted by Crippen LogP contribution is -2.40. The number of nitrogens with zero attached hydrogens (tertiary/aromatic N) is 1. The smallest absolute Gasteiger partial charge is 0.326 e. The molecule has 0 bridgehead atoms. The standard InChI is InChI=1S/C15H16N2O4S/c18-13-5-7-22-12-4-3-9(8-10(12)16-13)14(19)17-6-1-2-11(17)15(20)21/h3-4,8,11H,1-2,5-7H2,(H,16,18)(H,20,21)/t11-/m0/s1. The molecule has 0 aromatic heterocycles. The number of benzene rings is 1. The van der Waals surface area contributed by atoms with E-state index >= 15 is 0 Å². The fraction of sp³-hybridized carbons (Fsp3) is 0.400. The molecule has 1 aromatic carbocycles. The van der Waals surface area contributed by atoms with E-state index in [0.717, 1.165) is 4.90 Å². The van der Waals surface area contributed by atoms with Crippen molar-refractivity contribution in [3.63, 3.8) is 0 Å². The monoisotopic (exact) mass is 320 g/mol. The second kappa shape index (κ2) is 6.00. The highest BCUT2D eigenvalue weighted by molar-refractivity contribution is 7.99. The van der Waals surface area contributed by atoms with Crippen molar-refractivity contribution in [3.8, 4) is 0 Å². The summed E-state index contributed by atoms with van der Waals surface area (Å²) in [7, 11) is 0. The molecule has 7 heteroatoms. The van der Waals surface area contributed by atoms with Crippen LogP contribution >= 0.6 is 11.8 Å². The minimum Gasteiger partial charge on any atom is -0.480 e. The zero-order chi connectivity index (χ0) is 15.7. The molecule has 1 atom stereocenters. The van der Waals surface area contributed by atoms with E-state index in [0.29, 0.717) is 42.8 Å². The number of aliphatic carboxylic acids is 1. The van der Waals surface area contributed by atoms with E-state index in [1.807, 2.05) is 6.07 Å². The molecule has 1 saturated heterocycles. The maximum atomic E-state index is 12.6. The van der Waals surface area contributed by atoms with Crippen LogP contribution in [0.15, 0.2) is 23.1 Å². The van der Waals surface area contributed by atoms with Gasteiger partial charge in [0, 0.05) is 29.2 Å². The summed E-state index contributed by atoms with van der Waals surface area (Å²) in [6.45, 7) is 0.452. The third-order valence-corrected chi connectivity index (χ3v) is 4.96. The van der Waals surface area contributed by atoms with Gasteiger partial charge in [0.05, 0.1) is 5.69 Å². The van der Waals surface area contributed by atoms with Crippen LogP contribution in [0, 0.1) is 0 Å². The Labute approximate surface area is 131 Å². The number of carboxylic acids is 1. The lowest BCUT2D eigenvalue weighted by molar-refractivity contribution is -0.141. The summed E-state index contributed by atoms with van der Waals surface area (Å²) in [6.07, 6.45) is 1.62. The maximum absolute atomic E-state index is 12.6. The largest absolute Gasteiger partial charge is 0.480 e. The Hall–Kier alpha value is -2.02. The third-order valence-electron chi connectivity index (χ3n) is 3.89. The van der Waals surface area contributed by atoms with Gasteiger partial charge in [-0.15, -0.1) is 11.8 Å². The number of nitrogens with one attached hydrogen (secondary N) is 1. The van der Waals surface area contributed by atoms with Crippen molar-refractivity contribution in [2.45, 2.75) is 30.2 Å². The van der Waals surface area contributed by atoms with Crippen LogP contribution < -0.4 is 5.32 Å². The number of rotatable bonds is 2. The minimum absolute atomic E-state index is 0.0690. The summed E-state index contributed by atoms with van der Waals surface area (Å²) in [5.41, 5.74) is 1.04. The van der Waals surface area contributed by atoms with Crippen molar-refractivity contribution in [1.82, 2.24) is 4.90 Å². The molecular weight excluding hydrogens is 304 g/mol. The average Bonchev–Trinajstić information content (AvgIpc) is 2.90. The van der Waals surface area contributed by atoms with Crippen LogP contribution in [0.4, 0.5) is 5.69 Å². The van der Waals surface area contributed by atoms with E-state index in [4.69, 9.17) is 0 Å². The van der Waals surface area contributed by atoms with Crippen LogP contribution in [0.2, 0.25) is 0 Å². The number of carboxylic acid groups (broad SMARTS) is 1. The van der Waals surface area contributed by atoms with E-state index in [1.165, 1.54) is 4.90 Å². The van der Waals surface area contributed by atoms with Gasteiger partial charge in [0.2, 0.25) is 5.91 Å². The molecule has 0 radical (unpaired) electrons. The Morgan fingerprint density at radius 2 is 2.18 bits per heavy atom. The molecule has 0 saturated carbocycles. The lowest BCUT2D eigenvalue weighted by atomic mass is 10.1. The first-order valence-corrected chi connectivity index (χ1v) is 8.15. The number of hydrogen-bond acceptors (Lipinski definition) is 4. The van der Waals surface area contributed by atoms with Crippen LogP contribution in [0.1, 0.15) is 29.6 Å². The van der Waals surface area contributed by atoms with E-state index in [9.17, 15) is 19.5 Å². The molecule has 1 aromatic rings. The predicted octanol–water partition coefficient (Wildman–Crippen LogP) is 1.81. The van der Waals surface area contributed by atoms with Gasteiger partial charge in [-0.25, -0.2) is 4.79 Å². The van der Waals surface area contributed by atoms with Crippen LogP contribution in [0.3, 0.4) is 0 Å². The SMILES string of the molecule is O=C1CCSc2ccc(C(=O)N3CCC[C@H]3C(=O)O)cc2N1. The van der Waals surface area contributed by atoms with Gasteiger partial charge >= 0.3 is 5.97 Å². The highest BCUT2D eigenvalue weighted by atomic mass is 32.2. The highest BCUT2D eigenvalue weighted by Crippen LogP contribution is 2.32. The highest BCUT2D eigenvalue weighted by Gasteiger charge is 2.34. The van der Waals surface area contributed by atoms with Crippen LogP contribution in [0.25, 0.3) is 0 Å². The van der Waals surface area contributed by atoms with Gasteiger partial charge in [-0.05, 0) is 31.0 Å². The van der Waals surface area contributed by atoms with Crippen LogP contribution in [-0.4, -0.2) is 46.1 Å². The zero-order valence-corrected chi connectivity index (χ0v) is 12.7. The van der Waals surface area contributed by atoms with Crippen LogP contribution in [-0.2, 0) is 9.59 Å². The van der Waals surface area contributed by atoms with Crippen molar-refractivity contribution < 1.29 is 19.5 Å². The molecule has 2 heterocycles. The van der Waals surface area contributed by atoms with Crippen molar-refractivity contribution in [2.24, 2.45) is 0 Å². The first-order chi connectivity index (χ1) is 10.6. The van der Waals surface area contributed by atoms with Gasteiger partial charge in [-0.1, -0.05) is 0 Å². The molecule has 2 N–H and O–H groups in total. The minimum atomic E-state index is -0.968. The summed E-state index contributed by atoms with van der Waals surface area (Å²) in [5, 5.41) is 12.0. The number of carbonyl (C=O) groups excluding carboxylic acids is 2. The van der Waals surface area contributed by atoms with E-state index in [-0.39, 0.29) is 11.8 Å². The van der Waals surface area contributed by atoms with Gasteiger partial charge < -0.3 is 15.3 Å². The van der Waals surface area contributed by atoms with E-state index in [1.54, 1.807) is 23.9 Å². The topological polar surface area (TPSA) is 86.7 Å². The fourth-order valence-corrected chi connectivity index (χ4v) is 3.72. The normalized spacial score (nSPS) is 21.0. The molecule has 3 rings (SSSR count). The van der Waals surface area contributed by atoms with Gasteiger partial charge in [0.1, 0.15) is 6.04 Å². The Bertz CT molecular complexity index is 646. The number of likely N-dealkylation sites (tertiary alicyclic amines) is 1. The summed E-state index contributed by atoms with van der Waals surface area (Å²) in [6, 6.07) is 4.40. The number of carbonyl (C=O) groups is 3. The Morgan fingerprint density at radius 3 is 2.95 bits per heavy atom. The quantitative estimate of drug-likeness (QED) is 0.868. The molecule has 22 heavy (non-hydrogen) atoms. The molecular formula is C15H16N2O4S. The molecule has 2 aliphatic heterocycles. The molecule has 2 amide bonds. The fourth-order valence-electron chi connectivity index (χ4n) is 2.79. The van der Waals surface area contributed by atoms with Gasteiger partial charge in [0.25, 0.3) is 5.91 Å². The zero-order valence-electron chi connectivity index (χ0n) is 11.9. The Morgan fingerprint density at radius 1 is 1.36 bits per heavy atom. The Balaban J connectivity index is 1.87. The molecule has 0 unspecified atom stereocenters. The number of thioether (sulfide) groups is 1. The summed E-state index contributed by atoms with van der Waals surface area (Å²) in [5.74, 6) is -0.625. The average molecular weight is 320 g/mol. The van der Waals surface area contributed by atoms with Gasteiger partial charge in [-0.3, -0.25) is 9.59 Å². The number of hydrogen-bond donors (Lipinski definition) is 2. The second-order valence-corrected chi connectivity index (χ2v) is 6.49. The second-order valence-electron chi connectivity index (χ2n) is 5.35. The maximum Gasteiger partial charge on any atom is 0.326 e. The molecule has 2 aliphatic rings. The van der Waals surface area contributed by atoms with Gasteiger partial charge in [-0.2, -0.15) is 0 Å². The summed E-state index contributed by atoms with van der Waals surface area (Å²) >= 11 is 1.57. The van der Waals surface area contributed by atoms with Crippen molar-refractivity contribution in [3.05, 3.63) is 23.8 Å². The van der Waals surface area contributed by atoms with E-state index in [2.05, 4.69) is 5.32 Å². The van der Waals surface area contributed by atoms with Crippen molar-refractivity contribution in [1.29, 1.82) is 0 Å². The lowest BCUT2D eigenvalue weighted by Gasteiger charge is -2.22. The molecule has 0 spiro atoms. The van der Waals surface area contributed by atoms with Crippen molar-refractivity contribution >= 4 is 35.2 Å². The first-order valence-electron chi connectivity index (χ1n) is 7.17. The summed E-state index contributed by atoms with van der Waals surface area (Å²) < 4.78 is 0. The molecule has 6 nitrogen and oxygen atoms in total. The summed E-state index contributed by atoms with van der Waals surface area (Å²) in [4.78, 5) is 37.7. The number of anilines is 1.